The van der Waals surface area contributed by atoms with Gasteiger partial charge >= 0.3 is 5.97 Å². The van der Waals surface area contributed by atoms with Crippen LogP contribution in [0.4, 0.5) is 5.69 Å². The van der Waals surface area contributed by atoms with Gasteiger partial charge in [0.25, 0.3) is 11.8 Å². The van der Waals surface area contributed by atoms with Crippen molar-refractivity contribution in [3.63, 3.8) is 0 Å². The second kappa shape index (κ2) is 7.41. The summed E-state index contributed by atoms with van der Waals surface area (Å²) in [6.45, 7) is 3.35. The predicted octanol–water partition coefficient (Wildman–Crippen LogP) is 2.49. The lowest BCUT2D eigenvalue weighted by Gasteiger charge is -2.22. The van der Waals surface area contributed by atoms with Gasteiger partial charge in [0.05, 0.1) is 29.0 Å². The van der Waals surface area contributed by atoms with Gasteiger partial charge in [-0.1, -0.05) is 24.3 Å². The van der Waals surface area contributed by atoms with Gasteiger partial charge in [-0.15, -0.1) is 0 Å². The van der Waals surface area contributed by atoms with Crippen LogP contribution in [0.1, 0.15) is 44.9 Å². The Hall–Kier alpha value is -3.48. The summed E-state index contributed by atoms with van der Waals surface area (Å²) < 4.78 is 4.98. The molecule has 2 aromatic rings. The highest BCUT2D eigenvalue weighted by molar-refractivity contribution is 6.23. The van der Waals surface area contributed by atoms with E-state index in [1.54, 1.807) is 49.4 Å². The molecule has 0 bridgehead atoms. The number of rotatable bonds is 5. The van der Waals surface area contributed by atoms with E-state index in [1.165, 1.54) is 13.0 Å². The maximum Gasteiger partial charge on any atom is 0.340 e. The van der Waals surface area contributed by atoms with Gasteiger partial charge in [0, 0.05) is 0 Å². The molecule has 7 nitrogen and oxygen atoms in total. The summed E-state index contributed by atoms with van der Waals surface area (Å²) in [5.74, 6) is -2.18. The number of benzene rings is 2. The van der Waals surface area contributed by atoms with Gasteiger partial charge in [-0.05, 0) is 38.1 Å². The summed E-state index contributed by atoms with van der Waals surface area (Å²) in [6, 6.07) is 11.8. The molecular weight excluding hydrogens is 348 g/mol. The normalized spacial score (nSPS) is 13.9. The van der Waals surface area contributed by atoms with Crippen LogP contribution in [0.2, 0.25) is 0 Å². The fraction of sp³-hybridized carbons (Fsp3) is 0.200. The van der Waals surface area contributed by atoms with Gasteiger partial charge in [-0.3, -0.25) is 19.3 Å². The van der Waals surface area contributed by atoms with Crippen molar-refractivity contribution in [3.05, 3.63) is 65.2 Å². The third-order valence-electron chi connectivity index (χ3n) is 4.27. The maximum atomic E-state index is 12.7. The molecule has 2 aromatic carbocycles. The molecule has 3 rings (SSSR count). The third kappa shape index (κ3) is 3.31. The molecule has 7 heteroatoms. The number of hydrogen-bond donors (Lipinski definition) is 1. The number of ether oxygens (including phenoxy) is 1. The standard InChI is InChI=1S/C20H18N2O5/c1-3-27-20(26)15-10-6-7-11-16(15)21-17(23)12(2)22-18(24)13-8-4-5-9-14(13)19(22)25/h4-12H,3H2,1-2H3,(H,21,23). The highest BCUT2D eigenvalue weighted by Gasteiger charge is 2.40. The summed E-state index contributed by atoms with van der Waals surface area (Å²) in [4.78, 5) is 50.7. The number of anilines is 1. The van der Waals surface area contributed by atoms with Gasteiger partial charge in [0.1, 0.15) is 6.04 Å². The van der Waals surface area contributed by atoms with E-state index in [-0.39, 0.29) is 29.0 Å². The third-order valence-corrected chi connectivity index (χ3v) is 4.27. The van der Waals surface area contributed by atoms with Crippen LogP contribution in [0.25, 0.3) is 0 Å². The Morgan fingerprint density at radius 2 is 1.56 bits per heavy atom. The molecule has 0 fully saturated rings. The Labute approximate surface area is 155 Å². The molecule has 0 aliphatic carbocycles. The topological polar surface area (TPSA) is 92.8 Å². The molecule has 1 N–H and O–H groups in total. The van der Waals surface area contributed by atoms with Crippen LogP contribution in [0.3, 0.4) is 0 Å². The quantitative estimate of drug-likeness (QED) is 0.648. The monoisotopic (exact) mass is 366 g/mol. The Kier molecular flexibility index (Phi) is 5.03. The van der Waals surface area contributed by atoms with Crippen LogP contribution in [0.15, 0.2) is 48.5 Å². The van der Waals surface area contributed by atoms with Crippen molar-refractivity contribution in [1.29, 1.82) is 0 Å². The predicted molar refractivity (Wildman–Crippen MR) is 97.4 cm³/mol. The lowest BCUT2D eigenvalue weighted by molar-refractivity contribution is -0.119. The molecule has 3 amide bonds. The first-order valence-corrected chi connectivity index (χ1v) is 8.49. The molecule has 1 unspecified atom stereocenters. The number of amides is 3. The molecule has 1 heterocycles. The van der Waals surface area contributed by atoms with E-state index < -0.39 is 29.7 Å². The van der Waals surface area contributed by atoms with Gasteiger partial charge < -0.3 is 10.1 Å². The first kappa shape index (κ1) is 18.3. The zero-order valence-electron chi connectivity index (χ0n) is 14.9. The number of hydrogen-bond acceptors (Lipinski definition) is 5. The number of imide groups is 1. The molecule has 1 aliphatic rings. The molecule has 0 radical (unpaired) electrons. The van der Waals surface area contributed by atoms with E-state index in [0.29, 0.717) is 0 Å². The summed E-state index contributed by atoms with van der Waals surface area (Å²) in [6.07, 6.45) is 0. The van der Waals surface area contributed by atoms with Gasteiger partial charge in [-0.2, -0.15) is 0 Å². The summed E-state index contributed by atoms with van der Waals surface area (Å²) in [5, 5.41) is 2.61. The highest BCUT2D eigenvalue weighted by Crippen LogP contribution is 2.25. The van der Waals surface area contributed by atoms with Crippen molar-refractivity contribution in [3.8, 4) is 0 Å². The summed E-state index contributed by atoms with van der Waals surface area (Å²) in [7, 11) is 0. The number of carbonyl (C=O) groups excluding carboxylic acids is 4. The first-order chi connectivity index (χ1) is 13.0. The summed E-state index contributed by atoms with van der Waals surface area (Å²) >= 11 is 0. The Bertz CT molecular complexity index is 902. The van der Waals surface area contributed by atoms with Crippen molar-refractivity contribution in [1.82, 2.24) is 4.90 Å². The SMILES string of the molecule is CCOC(=O)c1ccccc1NC(=O)C(C)N1C(=O)c2ccccc2C1=O. The van der Waals surface area contributed by atoms with Gasteiger partial charge in [0.2, 0.25) is 5.91 Å². The molecular formula is C20H18N2O5. The number of nitrogens with one attached hydrogen (secondary N) is 1. The maximum absolute atomic E-state index is 12.7. The van der Waals surface area contributed by atoms with E-state index in [9.17, 15) is 19.2 Å². The molecule has 0 saturated carbocycles. The van der Waals surface area contributed by atoms with Crippen LogP contribution in [-0.4, -0.2) is 41.2 Å². The lowest BCUT2D eigenvalue weighted by atomic mass is 10.1. The molecule has 1 atom stereocenters. The molecule has 0 aromatic heterocycles. The second-order valence-electron chi connectivity index (χ2n) is 5.96. The molecule has 138 valence electrons. The summed E-state index contributed by atoms with van der Waals surface area (Å²) in [5.41, 5.74) is 0.995. The van der Waals surface area contributed by atoms with Crippen LogP contribution in [-0.2, 0) is 9.53 Å². The van der Waals surface area contributed by atoms with Crippen molar-refractivity contribution >= 4 is 29.4 Å². The average molecular weight is 366 g/mol. The number of fused-ring (bicyclic) bond motifs is 1. The van der Waals surface area contributed by atoms with Crippen molar-refractivity contribution < 1.29 is 23.9 Å². The van der Waals surface area contributed by atoms with E-state index in [0.717, 1.165) is 4.90 Å². The van der Waals surface area contributed by atoms with Crippen molar-refractivity contribution in [2.45, 2.75) is 19.9 Å². The van der Waals surface area contributed by atoms with Crippen molar-refractivity contribution in [2.24, 2.45) is 0 Å². The van der Waals surface area contributed by atoms with E-state index >= 15 is 0 Å². The van der Waals surface area contributed by atoms with Crippen LogP contribution in [0, 0.1) is 0 Å². The van der Waals surface area contributed by atoms with Gasteiger partial charge in [0.15, 0.2) is 0 Å². The minimum Gasteiger partial charge on any atom is -0.462 e. The number of esters is 1. The minimum absolute atomic E-state index is 0.197. The van der Waals surface area contributed by atoms with Gasteiger partial charge in [-0.25, -0.2) is 4.79 Å². The molecule has 0 spiro atoms. The largest absolute Gasteiger partial charge is 0.462 e. The Balaban J connectivity index is 1.81. The van der Waals surface area contributed by atoms with E-state index in [1.807, 2.05) is 0 Å². The number of para-hydroxylation sites is 1. The van der Waals surface area contributed by atoms with Crippen LogP contribution in [0.5, 0.6) is 0 Å². The molecule has 0 saturated heterocycles. The highest BCUT2D eigenvalue weighted by atomic mass is 16.5. The smallest absolute Gasteiger partial charge is 0.340 e. The fourth-order valence-corrected chi connectivity index (χ4v) is 2.89. The average Bonchev–Trinajstić information content (AvgIpc) is 2.93. The zero-order valence-corrected chi connectivity index (χ0v) is 14.9. The number of nitrogens with zero attached hydrogens (tertiary/aromatic N) is 1. The Morgan fingerprint density at radius 1 is 1.00 bits per heavy atom. The van der Waals surface area contributed by atoms with E-state index in [2.05, 4.69) is 5.32 Å². The first-order valence-electron chi connectivity index (χ1n) is 8.49. The zero-order chi connectivity index (χ0) is 19.6. The van der Waals surface area contributed by atoms with Crippen LogP contribution < -0.4 is 5.32 Å². The second-order valence-corrected chi connectivity index (χ2v) is 5.96. The fourth-order valence-electron chi connectivity index (χ4n) is 2.89. The van der Waals surface area contributed by atoms with Crippen LogP contribution >= 0.6 is 0 Å². The lowest BCUT2D eigenvalue weighted by Crippen LogP contribution is -2.45. The van der Waals surface area contributed by atoms with Crippen molar-refractivity contribution in [2.75, 3.05) is 11.9 Å². The molecule has 1 aliphatic heterocycles. The Morgan fingerprint density at radius 3 is 2.15 bits per heavy atom. The molecule has 27 heavy (non-hydrogen) atoms. The van der Waals surface area contributed by atoms with E-state index in [4.69, 9.17) is 4.74 Å². The minimum atomic E-state index is -1.05. The number of carbonyl (C=O) groups is 4.